The van der Waals surface area contributed by atoms with Gasteiger partial charge in [0, 0.05) is 25.7 Å². The standard InChI is InChI=1S/C19H29FN2O/c1-5-21(6-2)12-13-22(15-16(3)4)19(23)11-10-17-8-7-9-18(20)14-17/h7-11,14,16H,5-6,12-13,15H2,1-4H3. The molecule has 0 heterocycles. The van der Waals surface area contributed by atoms with Gasteiger partial charge in [0.2, 0.25) is 5.91 Å². The summed E-state index contributed by atoms with van der Waals surface area (Å²) in [5.74, 6) is 0.105. The summed E-state index contributed by atoms with van der Waals surface area (Å²) < 4.78 is 13.2. The van der Waals surface area contributed by atoms with Gasteiger partial charge < -0.3 is 9.80 Å². The molecule has 0 spiro atoms. The number of halogens is 1. The van der Waals surface area contributed by atoms with Crippen LogP contribution < -0.4 is 0 Å². The van der Waals surface area contributed by atoms with Crippen LogP contribution in [0.5, 0.6) is 0 Å². The van der Waals surface area contributed by atoms with E-state index >= 15 is 0 Å². The molecule has 0 fully saturated rings. The van der Waals surface area contributed by atoms with Gasteiger partial charge in [-0.05, 0) is 42.8 Å². The first-order valence-corrected chi connectivity index (χ1v) is 8.41. The van der Waals surface area contributed by atoms with E-state index in [2.05, 4.69) is 32.6 Å². The lowest BCUT2D eigenvalue weighted by atomic mass is 10.2. The van der Waals surface area contributed by atoms with E-state index in [1.807, 2.05) is 4.90 Å². The number of likely N-dealkylation sites (N-methyl/N-ethyl adjacent to an activating group) is 1. The van der Waals surface area contributed by atoms with Crippen LogP contribution in [-0.2, 0) is 4.79 Å². The van der Waals surface area contributed by atoms with Crippen LogP contribution in [0.15, 0.2) is 30.3 Å². The first kappa shape index (κ1) is 19.4. The summed E-state index contributed by atoms with van der Waals surface area (Å²) in [7, 11) is 0. The molecule has 0 saturated heterocycles. The van der Waals surface area contributed by atoms with Crippen molar-refractivity contribution in [2.45, 2.75) is 27.7 Å². The average molecular weight is 320 g/mol. The molecule has 0 aromatic heterocycles. The zero-order chi connectivity index (χ0) is 17.2. The van der Waals surface area contributed by atoms with Gasteiger partial charge in [0.25, 0.3) is 0 Å². The Balaban J connectivity index is 2.70. The highest BCUT2D eigenvalue weighted by Gasteiger charge is 2.13. The molecule has 1 amide bonds. The van der Waals surface area contributed by atoms with Crippen molar-refractivity contribution in [3.8, 4) is 0 Å². The maximum Gasteiger partial charge on any atom is 0.246 e. The first-order chi connectivity index (χ1) is 11.0. The minimum absolute atomic E-state index is 0.0184. The van der Waals surface area contributed by atoms with Gasteiger partial charge in [0.15, 0.2) is 0 Å². The SMILES string of the molecule is CCN(CC)CCN(CC(C)C)C(=O)C=Cc1cccc(F)c1. The maximum absolute atomic E-state index is 13.2. The Morgan fingerprint density at radius 3 is 2.48 bits per heavy atom. The van der Waals surface area contributed by atoms with Crippen LogP contribution in [0.3, 0.4) is 0 Å². The van der Waals surface area contributed by atoms with E-state index in [0.717, 1.165) is 26.2 Å². The maximum atomic E-state index is 13.2. The second-order valence-corrected chi connectivity index (χ2v) is 6.09. The smallest absolute Gasteiger partial charge is 0.246 e. The average Bonchev–Trinajstić information content (AvgIpc) is 2.52. The lowest BCUT2D eigenvalue weighted by molar-refractivity contribution is -0.126. The van der Waals surface area contributed by atoms with E-state index in [-0.39, 0.29) is 11.7 Å². The zero-order valence-electron chi connectivity index (χ0n) is 14.8. The second-order valence-electron chi connectivity index (χ2n) is 6.09. The zero-order valence-corrected chi connectivity index (χ0v) is 14.8. The first-order valence-electron chi connectivity index (χ1n) is 8.41. The molecule has 128 valence electrons. The molecule has 0 unspecified atom stereocenters. The highest BCUT2D eigenvalue weighted by atomic mass is 19.1. The minimum Gasteiger partial charge on any atom is -0.338 e. The third kappa shape index (κ3) is 7.42. The normalized spacial score (nSPS) is 11.6. The van der Waals surface area contributed by atoms with Crippen molar-refractivity contribution in [1.29, 1.82) is 0 Å². The molecule has 0 radical (unpaired) electrons. The Hall–Kier alpha value is -1.68. The summed E-state index contributed by atoms with van der Waals surface area (Å²) in [4.78, 5) is 16.6. The van der Waals surface area contributed by atoms with Gasteiger partial charge in [-0.15, -0.1) is 0 Å². The highest BCUT2D eigenvalue weighted by Crippen LogP contribution is 2.07. The summed E-state index contributed by atoms with van der Waals surface area (Å²) in [6.45, 7) is 12.8. The number of hydrogen-bond donors (Lipinski definition) is 0. The topological polar surface area (TPSA) is 23.6 Å². The van der Waals surface area contributed by atoms with Gasteiger partial charge in [0.05, 0.1) is 0 Å². The molecule has 1 aromatic carbocycles. The fourth-order valence-corrected chi connectivity index (χ4v) is 2.42. The highest BCUT2D eigenvalue weighted by molar-refractivity contribution is 5.91. The number of carbonyl (C=O) groups is 1. The van der Waals surface area contributed by atoms with Crippen LogP contribution in [0.2, 0.25) is 0 Å². The molecular weight excluding hydrogens is 291 g/mol. The third-order valence-corrected chi connectivity index (χ3v) is 3.74. The number of amides is 1. The van der Waals surface area contributed by atoms with Gasteiger partial charge in [0.1, 0.15) is 5.82 Å². The Kier molecular flexibility index (Phi) is 8.56. The van der Waals surface area contributed by atoms with Crippen molar-refractivity contribution >= 4 is 12.0 Å². The quantitative estimate of drug-likeness (QED) is 0.648. The number of rotatable bonds is 9. The van der Waals surface area contributed by atoms with Crippen molar-refractivity contribution in [3.05, 3.63) is 41.7 Å². The van der Waals surface area contributed by atoms with E-state index < -0.39 is 0 Å². The Morgan fingerprint density at radius 2 is 1.91 bits per heavy atom. The van der Waals surface area contributed by atoms with Crippen molar-refractivity contribution in [2.24, 2.45) is 5.92 Å². The van der Waals surface area contributed by atoms with Crippen LogP contribution in [0.4, 0.5) is 4.39 Å². The van der Waals surface area contributed by atoms with Crippen LogP contribution >= 0.6 is 0 Å². The molecule has 1 aromatic rings. The predicted octanol–water partition coefficient (Wildman–Crippen LogP) is 3.67. The molecule has 4 heteroatoms. The van der Waals surface area contributed by atoms with E-state index in [1.165, 1.54) is 12.1 Å². The third-order valence-electron chi connectivity index (χ3n) is 3.74. The predicted molar refractivity (Wildman–Crippen MR) is 94.6 cm³/mol. The summed E-state index contributed by atoms with van der Waals surface area (Å²) in [5.41, 5.74) is 0.701. The summed E-state index contributed by atoms with van der Waals surface area (Å²) in [5, 5.41) is 0. The molecule has 23 heavy (non-hydrogen) atoms. The van der Waals surface area contributed by atoms with Gasteiger partial charge in [-0.1, -0.05) is 39.8 Å². The fraction of sp³-hybridized carbons (Fsp3) is 0.526. The van der Waals surface area contributed by atoms with Gasteiger partial charge in [-0.2, -0.15) is 0 Å². The Morgan fingerprint density at radius 1 is 1.22 bits per heavy atom. The summed E-state index contributed by atoms with van der Waals surface area (Å²) in [6, 6.07) is 6.25. The molecular formula is C19H29FN2O. The fourth-order valence-electron chi connectivity index (χ4n) is 2.42. The molecule has 0 bridgehead atoms. The molecule has 0 aliphatic carbocycles. The largest absolute Gasteiger partial charge is 0.338 e. The molecule has 0 aliphatic heterocycles. The van der Waals surface area contributed by atoms with Crippen LogP contribution in [0.25, 0.3) is 6.08 Å². The van der Waals surface area contributed by atoms with E-state index in [0.29, 0.717) is 18.0 Å². The number of nitrogens with zero attached hydrogens (tertiary/aromatic N) is 2. The van der Waals surface area contributed by atoms with E-state index in [1.54, 1.807) is 24.3 Å². The van der Waals surface area contributed by atoms with Crippen LogP contribution in [0, 0.1) is 11.7 Å². The monoisotopic (exact) mass is 320 g/mol. The van der Waals surface area contributed by atoms with Gasteiger partial charge in [-0.25, -0.2) is 4.39 Å². The van der Waals surface area contributed by atoms with Crippen LogP contribution in [-0.4, -0.2) is 48.4 Å². The molecule has 0 aliphatic rings. The van der Waals surface area contributed by atoms with Crippen molar-refractivity contribution in [2.75, 3.05) is 32.7 Å². The van der Waals surface area contributed by atoms with E-state index in [9.17, 15) is 9.18 Å². The van der Waals surface area contributed by atoms with Gasteiger partial charge in [-0.3, -0.25) is 4.79 Å². The van der Waals surface area contributed by atoms with E-state index in [4.69, 9.17) is 0 Å². The van der Waals surface area contributed by atoms with Crippen LogP contribution in [0.1, 0.15) is 33.3 Å². The lowest BCUT2D eigenvalue weighted by Crippen LogP contribution is -2.39. The molecule has 3 nitrogen and oxygen atoms in total. The second kappa shape index (κ2) is 10.2. The lowest BCUT2D eigenvalue weighted by Gasteiger charge is -2.27. The molecule has 0 saturated carbocycles. The summed E-state index contributed by atoms with van der Waals surface area (Å²) >= 11 is 0. The minimum atomic E-state index is -0.292. The molecule has 0 atom stereocenters. The molecule has 0 N–H and O–H groups in total. The number of carbonyl (C=O) groups excluding carboxylic acids is 1. The van der Waals surface area contributed by atoms with Gasteiger partial charge >= 0.3 is 0 Å². The van der Waals surface area contributed by atoms with Crippen molar-refractivity contribution in [1.82, 2.24) is 9.80 Å². The Labute approximate surface area is 139 Å². The van der Waals surface area contributed by atoms with Crippen molar-refractivity contribution in [3.63, 3.8) is 0 Å². The molecule has 1 rings (SSSR count). The number of benzene rings is 1. The summed E-state index contributed by atoms with van der Waals surface area (Å²) in [6.07, 6.45) is 3.22. The Bertz CT molecular complexity index is 510. The number of hydrogen-bond acceptors (Lipinski definition) is 2. The van der Waals surface area contributed by atoms with Crippen molar-refractivity contribution < 1.29 is 9.18 Å².